The number of thioether (sulfide) groups is 1. The van der Waals surface area contributed by atoms with E-state index in [-0.39, 0.29) is 24.4 Å². The van der Waals surface area contributed by atoms with E-state index in [9.17, 15) is 15.0 Å². The first-order valence-corrected chi connectivity index (χ1v) is 15.6. The molecule has 1 heterocycles. The molecule has 214 valence electrons. The van der Waals surface area contributed by atoms with Crippen LogP contribution in [0.5, 0.6) is 0 Å². The second-order valence-corrected chi connectivity index (χ2v) is 12.1. The molecule has 2 aromatic carbocycles. The molecule has 0 saturated carbocycles. The summed E-state index contributed by atoms with van der Waals surface area (Å²) >= 11 is 1.72. The maximum absolute atomic E-state index is 11.9. The quantitative estimate of drug-likeness (QED) is 0.0998. The predicted octanol–water partition coefficient (Wildman–Crippen LogP) is 8.04. The highest BCUT2D eigenvalue weighted by atomic mass is 32.2. The molecule has 3 unspecified atom stereocenters. The molecule has 0 radical (unpaired) electrons. The van der Waals surface area contributed by atoms with E-state index < -0.39 is 12.2 Å². The molecule has 0 spiro atoms. The number of hydrogen-bond donors (Lipinski definition) is 2. The average Bonchev–Trinajstić information content (AvgIpc) is 3.36. The second-order valence-electron chi connectivity index (χ2n) is 10.9. The summed E-state index contributed by atoms with van der Waals surface area (Å²) in [5.74, 6) is 1.63. The summed E-state index contributed by atoms with van der Waals surface area (Å²) in [6, 6.07) is 17.1. The third-order valence-corrected chi connectivity index (χ3v) is 8.50. The van der Waals surface area contributed by atoms with Crippen molar-refractivity contribution in [2.75, 3.05) is 12.4 Å². The van der Waals surface area contributed by atoms with Gasteiger partial charge in [-0.2, -0.15) is 0 Å². The minimum atomic E-state index is -0.806. The summed E-state index contributed by atoms with van der Waals surface area (Å²) in [4.78, 5) is 13.0. The number of hydrogen-bond acceptors (Lipinski definition) is 6. The van der Waals surface area contributed by atoms with Crippen molar-refractivity contribution in [3.8, 4) is 11.3 Å². The predicted molar refractivity (Wildman–Crippen MR) is 161 cm³/mol. The van der Waals surface area contributed by atoms with E-state index in [0.29, 0.717) is 19.3 Å². The lowest BCUT2D eigenvalue weighted by Gasteiger charge is -2.18. The first kappa shape index (κ1) is 31.3. The van der Waals surface area contributed by atoms with Crippen LogP contribution in [0.2, 0.25) is 0 Å². The van der Waals surface area contributed by atoms with E-state index in [2.05, 4.69) is 55.5 Å². The number of aliphatic hydroxyl groups excluding tert-OH is 2. The van der Waals surface area contributed by atoms with Crippen LogP contribution in [0, 0.1) is 11.8 Å². The Balaban J connectivity index is 1.39. The Kier molecular flexibility index (Phi) is 12.9. The Morgan fingerprint density at radius 1 is 0.923 bits per heavy atom. The zero-order chi connectivity index (χ0) is 28.2. The molecule has 6 heteroatoms. The number of ether oxygens (including phenoxy) is 1. The number of aryl methyl sites for hydroxylation is 1. The number of furan rings is 1. The number of aliphatic hydroxyl groups is 2. The van der Waals surface area contributed by atoms with Crippen LogP contribution >= 0.6 is 11.8 Å². The lowest BCUT2D eigenvalue weighted by molar-refractivity contribution is -0.149. The molecule has 0 bridgehead atoms. The summed E-state index contributed by atoms with van der Waals surface area (Å²) in [5.41, 5.74) is 3.34. The lowest BCUT2D eigenvalue weighted by Crippen LogP contribution is -2.26. The van der Waals surface area contributed by atoms with Crippen molar-refractivity contribution in [2.24, 2.45) is 11.8 Å². The fourth-order valence-corrected chi connectivity index (χ4v) is 5.30. The fourth-order valence-electron chi connectivity index (χ4n) is 4.39. The monoisotopic (exact) mass is 554 g/mol. The molecule has 0 amide bonds. The molecule has 0 saturated heterocycles. The Morgan fingerprint density at radius 3 is 2.33 bits per heavy atom. The Hall–Kier alpha value is -2.28. The van der Waals surface area contributed by atoms with Crippen molar-refractivity contribution in [1.82, 2.24) is 0 Å². The van der Waals surface area contributed by atoms with Crippen LogP contribution in [0.15, 0.2) is 57.8 Å². The smallest absolute Gasteiger partial charge is 0.308 e. The SMILES string of the molecule is CCCCCc1ccc(-c2cc3ccc(SCCCC(O)C(O)CCCOC(=O)C(C)C(C)C)cc3o2)cc1. The van der Waals surface area contributed by atoms with Gasteiger partial charge in [0.15, 0.2) is 0 Å². The molecule has 0 aliphatic rings. The molecule has 3 atom stereocenters. The molecule has 0 fully saturated rings. The molecule has 5 nitrogen and oxygen atoms in total. The number of unbranched alkanes of at least 4 members (excludes halogenated alkanes) is 2. The van der Waals surface area contributed by atoms with Gasteiger partial charge in [-0.1, -0.05) is 64.8 Å². The van der Waals surface area contributed by atoms with Gasteiger partial charge in [-0.3, -0.25) is 4.79 Å². The summed E-state index contributed by atoms with van der Waals surface area (Å²) in [5, 5.41) is 21.7. The van der Waals surface area contributed by atoms with Gasteiger partial charge in [0.05, 0.1) is 24.7 Å². The van der Waals surface area contributed by atoms with Crippen molar-refractivity contribution in [3.05, 3.63) is 54.1 Å². The molecule has 1 aromatic heterocycles. The number of carbonyl (C=O) groups is 1. The second kappa shape index (κ2) is 16.1. The van der Waals surface area contributed by atoms with Crippen LogP contribution in [-0.2, 0) is 16.0 Å². The Morgan fingerprint density at radius 2 is 1.64 bits per heavy atom. The largest absolute Gasteiger partial charge is 0.465 e. The molecule has 0 aliphatic heterocycles. The summed E-state index contributed by atoms with van der Waals surface area (Å²) < 4.78 is 11.5. The van der Waals surface area contributed by atoms with Crippen LogP contribution in [-0.4, -0.2) is 40.8 Å². The summed E-state index contributed by atoms with van der Waals surface area (Å²) in [6.45, 7) is 8.35. The number of rotatable bonds is 17. The minimum Gasteiger partial charge on any atom is -0.465 e. The minimum absolute atomic E-state index is 0.133. The van der Waals surface area contributed by atoms with Crippen LogP contribution in [0.1, 0.15) is 78.2 Å². The van der Waals surface area contributed by atoms with E-state index in [1.807, 2.05) is 20.8 Å². The van der Waals surface area contributed by atoms with Gasteiger partial charge in [-0.25, -0.2) is 0 Å². The first-order chi connectivity index (χ1) is 18.8. The Labute approximate surface area is 238 Å². The van der Waals surface area contributed by atoms with Gasteiger partial charge in [0.2, 0.25) is 0 Å². The van der Waals surface area contributed by atoms with E-state index in [1.54, 1.807) is 11.8 Å². The van der Waals surface area contributed by atoms with E-state index in [1.165, 1.54) is 24.8 Å². The number of fused-ring (bicyclic) bond motifs is 1. The lowest BCUT2D eigenvalue weighted by atomic mass is 9.99. The van der Waals surface area contributed by atoms with Gasteiger partial charge in [0.1, 0.15) is 11.3 Å². The first-order valence-electron chi connectivity index (χ1n) is 14.6. The average molecular weight is 555 g/mol. The van der Waals surface area contributed by atoms with Crippen LogP contribution in [0.3, 0.4) is 0 Å². The zero-order valence-electron chi connectivity index (χ0n) is 24.0. The van der Waals surface area contributed by atoms with Crippen molar-refractivity contribution >= 4 is 28.7 Å². The normalized spacial score (nSPS) is 14.0. The van der Waals surface area contributed by atoms with Gasteiger partial charge < -0.3 is 19.4 Å². The van der Waals surface area contributed by atoms with Crippen molar-refractivity contribution in [2.45, 2.75) is 96.2 Å². The number of esters is 1. The van der Waals surface area contributed by atoms with Gasteiger partial charge >= 0.3 is 5.97 Å². The molecule has 39 heavy (non-hydrogen) atoms. The maximum Gasteiger partial charge on any atom is 0.308 e. The summed E-state index contributed by atoms with van der Waals surface area (Å²) in [7, 11) is 0. The number of carbonyl (C=O) groups excluding carboxylic acids is 1. The maximum atomic E-state index is 11.9. The molecule has 2 N–H and O–H groups in total. The highest BCUT2D eigenvalue weighted by molar-refractivity contribution is 7.99. The van der Waals surface area contributed by atoms with Crippen molar-refractivity contribution in [1.29, 1.82) is 0 Å². The van der Waals surface area contributed by atoms with E-state index >= 15 is 0 Å². The molecular formula is C33H46O5S. The standard InChI is InChI=1S/C33H46O5S/c1-5-6-7-10-25-13-15-26(16-14-25)31-21-27-17-18-28(22-32(27)38-31)39-20-9-12-30(35)29(34)11-8-19-37-33(36)24(4)23(2)3/h13-18,21-24,29-30,34-35H,5-12,19-20H2,1-4H3. The van der Waals surface area contributed by atoms with Crippen LogP contribution in [0.25, 0.3) is 22.3 Å². The van der Waals surface area contributed by atoms with Gasteiger partial charge in [-0.05, 0) is 80.0 Å². The van der Waals surface area contributed by atoms with Gasteiger partial charge in [-0.15, -0.1) is 11.8 Å². The fraction of sp³-hybridized carbons (Fsp3) is 0.545. The van der Waals surface area contributed by atoms with E-state index in [4.69, 9.17) is 9.15 Å². The molecular weight excluding hydrogens is 508 g/mol. The topological polar surface area (TPSA) is 79.9 Å². The van der Waals surface area contributed by atoms with Crippen molar-refractivity contribution in [3.63, 3.8) is 0 Å². The van der Waals surface area contributed by atoms with Crippen LogP contribution in [0.4, 0.5) is 0 Å². The molecule has 3 rings (SSSR count). The highest BCUT2D eigenvalue weighted by Gasteiger charge is 2.19. The van der Waals surface area contributed by atoms with Gasteiger partial charge in [0, 0.05) is 15.8 Å². The third kappa shape index (κ3) is 10.0. The van der Waals surface area contributed by atoms with Crippen LogP contribution < -0.4 is 0 Å². The Bertz CT molecular complexity index is 1140. The third-order valence-electron chi connectivity index (χ3n) is 7.42. The van der Waals surface area contributed by atoms with Gasteiger partial charge in [0.25, 0.3) is 0 Å². The zero-order valence-corrected chi connectivity index (χ0v) is 24.8. The van der Waals surface area contributed by atoms with Crippen molar-refractivity contribution < 1.29 is 24.2 Å². The highest BCUT2D eigenvalue weighted by Crippen LogP contribution is 2.31. The van der Waals surface area contributed by atoms with E-state index in [0.717, 1.165) is 45.8 Å². The molecule has 0 aliphatic carbocycles. The molecule has 3 aromatic rings. The number of benzene rings is 2. The summed E-state index contributed by atoms with van der Waals surface area (Å²) in [6.07, 6.45) is 5.55.